The third-order valence-electron chi connectivity index (χ3n) is 1.36. The zero-order chi connectivity index (χ0) is 7.56. The number of aryl methyl sites for hydroxylation is 2. The molecule has 1 aromatic rings. The second-order valence-electron chi connectivity index (χ2n) is 2.32. The summed E-state index contributed by atoms with van der Waals surface area (Å²) in [5.74, 6) is 0. The third kappa shape index (κ3) is 1.95. The minimum Gasteiger partial charge on any atom is -0.279 e. The van der Waals surface area contributed by atoms with Gasteiger partial charge in [-0.3, -0.25) is 4.98 Å². The zero-order valence-corrected chi connectivity index (χ0v) is 9.37. The molecule has 0 aromatic carbocycles. The number of hydrogen-bond acceptors (Lipinski definition) is 1. The molecular weight excluding hydrogens is 252 g/mol. The maximum absolute atomic E-state index is 4.33. The van der Waals surface area contributed by atoms with Crippen molar-refractivity contribution in [3.8, 4) is 0 Å². The molecule has 51 valence electrons. The van der Waals surface area contributed by atoms with E-state index >= 15 is 0 Å². The Labute approximate surface area is 78.6 Å². The number of pyridine rings is 1. The normalized spacial score (nSPS) is 9.50. The lowest BCUT2D eigenvalue weighted by Gasteiger charge is -2.00. The van der Waals surface area contributed by atoms with Crippen LogP contribution in [-0.4, -0.2) is 16.9 Å². The first-order chi connectivity index (χ1) is 4.74. The Kier molecular flexibility index (Phi) is 3.15. The predicted octanol–water partition coefficient (Wildman–Crippen LogP) is 1.38. The van der Waals surface area contributed by atoms with E-state index in [1.807, 2.05) is 6.20 Å². The summed E-state index contributed by atoms with van der Waals surface area (Å²) in [5, 5.41) is 0. The van der Waals surface area contributed by atoms with Crippen LogP contribution < -0.4 is 4.56 Å². The summed E-state index contributed by atoms with van der Waals surface area (Å²) < 4.78 is 1.28. The van der Waals surface area contributed by atoms with Crippen LogP contribution in [-0.2, 0) is 0 Å². The topological polar surface area (TPSA) is 12.9 Å². The molecule has 0 fully saturated rings. The van der Waals surface area contributed by atoms with Crippen LogP contribution in [0.15, 0.2) is 12.3 Å². The summed E-state index contributed by atoms with van der Waals surface area (Å²) in [6.07, 6.45) is 1.94. The van der Waals surface area contributed by atoms with Gasteiger partial charge in [0.05, 0.1) is 0 Å². The highest BCUT2D eigenvalue weighted by Gasteiger charge is 1.98. The summed E-state index contributed by atoms with van der Waals surface area (Å²) in [4.78, 5) is 4.33. The summed E-state index contributed by atoms with van der Waals surface area (Å²) >= 11 is 2.76. The van der Waals surface area contributed by atoms with Gasteiger partial charge in [0.2, 0.25) is 0 Å². The highest BCUT2D eigenvalue weighted by Crippen LogP contribution is 1.97. The first kappa shape index (κ1) is 8.51. The lowest BCUT2D eigenvalue weighted by atomic mass is 10.2. The molecule has 1 heterocycles. The van der Waals surface area contributed by atoms with Crippen LogP contribution in [0.4, 0.5) is 0 Å². The van der Waals surface area contributed by atoms with E-state index in [0.29, 0.717) is 11.9 Å². The molecular formula is C7H8AlIN. The molecule has 0 atom stereocenters. The fourth-order valence-corrected chi connectivity index (χ4v) is 3.18. The molecule has 1 nitrogen and oxygen atoms in total. The van der Waals surface area contributed by atoms with Crippen molar-refractivity contribution in [1.29, 1.82) is 0 Å². The Morgan fingerprint density at radius 2 is 2.20 bits per heavy atom. The van der Waals surface area contributed by atoms with Crippen LogP contribution in [0.25, 0.3) is 0 Å². The van der Waals surface area contributed by atoms with Crippen LogP contribution in [0.2, 0.25) is 0 Å². The minimum atomic E-state index is 0.345. The molecule has 0 aliphatic rings. The van der Waals surface area contributed by atoms with Crippen molar-refractivity contribution in [2.24, 2.45) is 0 Å². The molecule has 1 radical (unpaired) electrons. The van der Waals surface area contributed by atoms with E-state index in [0.717, 1.165) is 0 Å². The molecule has 1 rings (SSSR count). The average molecular weight is 260 g/mol. The van der Waals surface area contributed by atoms with Gasteiger partial charge in [0.1, 0.15) is 0 Å². The van der Waals surface area contributed by atoms with Crippen LogP contribution >= 0.6 is 20.3 Å². The van der Waals surface area contributed by atoms with Crippen molar-refractivity contribution in [3.05, 3.63) is 23.4 Å². The monoisotopic (exact) mass is 260 g/mol. The van der Waals surface area contributed by atoms with Gasteiger partial charge in [0.15, 0.2) is 0 Å². The molecule has 3 heteroatoms. The van der Waals surface area contributed by atoms with E-state index in [2.05, 4.69) is 45.2 Å². The van der Waals surface area contributed by atoms with Gasteiger partial charge in [-0.1, -0.05) is 6.07 Å². The van der Waals surface area contributed by atoms with Crippen LogP contribution in [0.1, 0.15) is 11.1 Å². The summed E-state index contributed by atoms with van der Waals surface area (Å²) in [6, 6.07) is 2.19. The zero-order valence-electron chi connectivity index (χ0n) is 6.06. The molecule has 0 unspecified atom stereocenters. The number of halogens is 1. The van der Waals surface area contributed by atoms with Gasteiger partial charge >= 0.3 is 11.9 Å². The summed E-state index contributed by atoms with van der Waals surface area (Å²) in [7, 11) is 0. The van der Waals surface area contributed by atoms with Gasteiger partial charge in [0, 0.05) is 6.20 Å². The van der Waals surface area contributed by atoms with E-state index in [4.69, 9.17) is 0 Å². The van der Waals surface area contributed by atoms with E-state index in [1.54, 1.807) is 0 Å². The molecule has 10 heavy (non-hydrogen) atoms. The first-order valence-electron chi connectivity index (χ1n) is 3.10. The Hall–Kier alpha value is 0.412. The van der Waals surface area contributed by atoms with Crippen LogP contribution in [0.5, 0.6) is 0 Å². The average Bonchev–Trinajstić information content (AvgIpc) is 1.88. The number of nitrogens with zero attached hydrogens (tertiary/aromatic N) is 1. The minimum absolute atomic E-state index is 0.345. The van der Waals surface area contributed by atoms with Crippen molar-refractivity contribution in [3.63, 3.8) is 0 Å². The molecule has 1 aromatic heterocycles. The van der Waals surface area contributed by atoms with E-state index < -0.39 is 0 Å². The predicted molar refractivity (Wildman–Crippen MR) is 53.1 cm³/mol. The Morgan fingerprint density at radius 3 is 2.70 bits per heavy atom. The van der Waals surface area contributed by atoms with E-state index in [-0.39, 0.29) is 0 Å². The van der Waals surface area contributed by atoms with Gasteiger partial charge in [-0.05, 0) is 29.5 Å². The fraction of sp³-hybridized carbons (Fsp3) is 0.286. The summed E-state index contributed by atoms with van der Waals surface area (Å²) in [5.41, 5.74) is 2.59. The Balaban J connectivity index is 3.07. The largest absolute Gasteiger partial charge is 0.387 e. The second kappa shape index (κ2) is 3.70. The van der Waals surface area contributed by atoms with E-state index in [1.165, 1.54) is 15.7 Å². The molecule has 0 amide bonds. The van der Waals surface area contributed by atoms with Crippen molar-refractivity contribution >= 4 is 36.8 Å². The Morgan fingerprint density at radius 1 is 1.50 bits per heavy atom. The fourth-order valence-electron chi connectivity index (χ4n) is 0.840. The molecule has 0 aliphatic carbocycles. The smallest absolute Gasteiger partial charge is 0.279 e. The van der Waals surface area contributed by atoms with Crippen molar-refractivity contribution in [2.75, 3.05) is 0 Å². The van der Waals surface area contributed by atoms with Crippen LogP contribution in [0, 0.1) is 13.8 Å². The van der Waals surface area contributed by atoms with Crippen molar-refractivity contribution < 1.29 is 0 Å². The van der Waals surface area contributed by atoms with Gasteiger partial charge in [0.25, 0.3) is 0 Å². The maximum atomic E-state index is 4.33. The highest BCUT2D eigenvalue weighted by atomic mass is 127. The van der Waals surface area contributed by atoms with Crippen molar-refractivity contribution in [1.82, 2.24) is 4.98 Å². The number of aromatic nitrogens is 1. The standard InChI is InChI=1S/C7H8N.Al.HI/c1-6-3-7(2)5-8-4-6;;/h3-4H,1-2H3;;1H/q;+1;/p-1. The van der Waals surface area contributed by atoms with Gasteiger partial charge in [-0.2, -0.15) is 0 Å². The van der Waals surface area contributed by atoms with E-state index in [9.17, 15) is 0 Å². The van der Waals surface area contributed by atoms with Gasteiger partial charge < -0.3 is 0 Å². The third-order valence-corrected chi connectivity index (χ3v) is 3.94. The molecule has 0 aliphatic heterocycles. The van der Waals surface area contributed by atoms with Crippen molar-refractivity contribution in [2.45, 2.75) is 13.8 Å². The van der Waals surface area contributed by atoms with Crippen LogP contribution in [0.3, 0.4) is 0 Å². The number of rotatable bonds is 1. The first-order valence-corrected chi connectivity index (χ1v) is 7.86. The number of hydrogen-bond donors (Lipinski definition) is 0. The molecule has 0 N–H and O–H groups in total. The van der Waals surface area contributed by atoms with Gasteiger partial charge in [-0.15, -0.1) is 0 Å². The highest BCUT2D eigenvalue weighted by molar-refractivity contribution is 14.1. The second-order valence-corrected chi connectivity index (χ2v) is 4.96. The van der Waals surface area contributed by atoms with Gasteiger partial charge in [-0.25, -0.2) is 20.3 Å². The maximum Gasteiger partial charge on any atom is 0.387 e. The SMILES string of the molecule is Cc1cn[c]([Al][I])c(C)c1. The Bertz CT molecular complexity index is 237. The molecule has 0 spiro atoms. The summed E-state index contributed by atoms with van der Waals surface area (Å²) in [6.45, 7) is 4.20. The molecule has 0 saturated heterocycles. The molecule has 0 saturated carbocycles. The lowest BCUT2D eigenvalue weighted by molar-refractivity contribution is 1.27. The molecule has 0 bridgehead atoms. The quantitative estimate of drug-likeness (QED) is 0.549. The lowest BCUT2D eigenvalue weighted by Crippen LogP contribution is -2.16.